The second-order valence-electron chi connectivity index (χ2n) is 3.21. The molecule has 0 spiro atoms. The van der Waals surface area contributed by atoms with E-state index < -0.39 is 9.04 Å². The molecule has 0 aromatic heterocycles. The van der Waals surface area contributed by atoms with E-state index in [1.807, 2.05) is 0 Å². The van der Waals surface area contributed by atoms with Gasteiger partial charge in [-0.3, -0.25) is 0 Å². The second kappa shape index (κ2) is 4.01. The van der Waals surface area contributed by atoms with Gasteiger partial charge in [0, 0.05) is 6.61 Å². The number of ether oxygens (including phenoxy) is 2. The zero-order chi connectivity index (χ0) is 9.19. The smallest absolute Gasteiger partial charge is 0.231 e. The van der Waals surface area contributed by atoms with Crippen LogP contribution in [0.25, 0.3) is 0 Å². The van der Waals surface area contributed by atoms with Gasteiger partial charge in [-0.05, 0) is 19.9 Å². The maximum absolute atomic E-state index is 5.69. The van der Waals surface area contributed by atoms with Gasteiger partial charge in [0.1, 0.15) is 16.6 Å². The van der Waals surface area contributed by atoms with Crippen LogP contribution in [0.2, 0.25) is 6.55 Å². The Morgan fingerprint density at radius 2 is 2.25 bits per heavy atom. The first-order chi connectivity index (χ1) is 5.67. The van der Waals surface area contributed by atoms with Crippen molar-refractivity contribution in [1.29, 1.82) is 0 Å². The van der Waals surface area contributed by atoms with Gasteiger partial charge >= 0.3 is 0 Å². The van der Waals surface area contributed by atoms with Gasteiger partial charge in [0.25, 0.3) is 0 Å². The molecule has 1 aliphatic heterocycles. The predicted octanol–water partition coefficient (Wildman–Crippen LogP) is -0.282. The zero-order valence-electron chi connectivity index (χ0n) is 8.29. The normalized spacial score (nSPS) is 36.8. The highest BCUT2D eigenvalue weighted by atomic mass is 28.3. The Hall–Kier alpha value is 0.314. The summed E-state index contributed by atoms with van der Waals surface area (Å²) in [6, 6.07) is 0. The lowest BCUT2D eigenvalue weighted by Gasteiger charge is -2.18. The molecule has 72 valence electrons. The van der Waals surface area contributed by atoms with E-state index in [0.717, 1.165) is 23.5 Å². The average molecular weight is 206 g/mol. The topological polar surface area (TPSA) is 31.0 Å². The molecule has 1 fully saturated rings. The van der Waals surface area contributed by atoms with E-state index in [2.05, 4.69) is 20.4 Å². The quantitative estimate of drug-likeness (QED) is 0.458. The van der Waals surface area contributed by atoms with E-state index in [1.54, 1.807) is 0 Å². The zero-order valence-corrected chi connectivity index (χ0v) is 11.4. The summed E-state index contributed by atoms with van der Waals surface area (Å²) in [5, 5.41) is 0. The van der Waals surface area contributed by atoms with Crippen molar-refractivity contribution >= 4 is 19.5 Å². The highest BCUT2D eigenvalue weighted by molar-refractivity contribution is 6.57. The SMILES string of the molecule is CCCOC1([SiH](C)O[SiH3])OC1C. The second-order valence-corrected chi connectivity index (χ2v) is 7.18. The molecular weight excluding hydrogens is 188 g/mol. The molecule has 0 radical (unpaired) electrons. The fourth-order valence-electron chi connectivity index (χ4n) is 1.36. The summed E-state index contributed by atoms with van der Waals surface area (Å²) in [6.07, 6.45) is 1.29. The molecule has 5 heteroatoms. The molecule has 0 saturated carbocycles. The number of hydrogen-bond donors (Lipinski definition) is 0. The van der Waals surface area contributed by atoms with Crippen molar-refractivity contribution in [1.82, 2.24) is 0 Å². The molecule has 3 atom stereocenters. The third-order valence-corrected chi connectivity index (χ3v) is 7.06. The van der Waals surface area contributed by atoms with Gasteiger partial charge in [-0.2, -0.15) is 0 Å². The van der Waals surface area contributed by atoms with Crippen molar-refractivity contribution in [2.24, 2.45) is 0 Å². The van der Waals surface area contributed by atoms with Gasteiger partial charge < -0.3 is 13.6 Å². The molecule has 3 unspecified atom stereocenters. The molecule has 0 bridgehead atoms. The summed E-state index contributed by atoms with van der Waals surface area (Å²) in [7, 11) is -0.456. The van der Waals surface area contributed by atoms with Crippen molar-refractivity contribution < 1.29 is 13.6 Å². The third kappa shape index (κ3) is 1.80. The average Bonchev–Trinajstić information content (AvgIpc) is 2.73. The number of hydrogen-bond acceptors (Lipinski definition) is 3. The van der Waals surface area contributed by atoms with Crippen LogP contribution in [0.1, 0.15) is 20.3 Å². The first-order valence-corrected chi connectivity index (χ1v) is 7.54. The van der Waals surface area contributed by atoms with Crippen LogP contribution in [-0.4, -0.2) is 37.6 Å². The molecule has 0 amide bonds. The maximum Gasteiger partial charge on any atom is 0.231 e. The summed E-state index contributed by atoms with van der Waals surface area (Å²) < 4.78 is 16.7. The molecule has 3 nitrogen and oxygen atoms in total. The van der Waals surface area contributed by atoms with Gasteiger partial charge in [-0.25, -0.2) is 0 Å². The van der Waals surface area contributed by atoms with Crippen LogP contribution >= 0.6 is 0 Å². The highest BCUT2D eigenvalue weighted by Crippen LogP contribution is 2.39. The number of epoxide rings is 1. The molecular formula is C7H18O3Si2. The minimum Gasteiger partial charge on any atom is -0.462 e. The lowest BCUT2D eigenvalue weighted by molar-refractivity contribution is 0.00562. The summed E-state index contributed by atoms with van der Waals surface area (Å²) in [4.78, 5) is 0. The summed E-state index contributed by atoms with van der Waals surface area (Å²) >= 11 is 0. The van der Waals surface area contributed by atoms with Crippen LogP contribution < -0.4 is 0 Å². The summed E-state index contributed by atoms with van der Waals surface area (Å²) in [6.45, 7) is 7.09. The van der Waals surface area contributed by atoms with Gasteiger partial charge in [0.05, 0.1) is 0 Å². The van der Waals surface area contributed by atoms with Crippen LogP contribution in [-0.2, 0) is 13.6 Å². The fraction of sp³-hybridized carbons (Fsp3) is 1.00. The lowest BCUT2D eigenvalue weighted by Crippen LogP contribution is -2.38. The van der Waals surface area contributed by atoms with E-state index in [4.69, 9.17) is 13.6 Å². The molecule has 12 heavy (non-hydrogen) atoms. The van der Waals surface area contributed by atoms with Crippen LogP contribution in [0.5, 0.6) is 0 Å². The van der Waals surface area contributed by atoms with Crippen molar-refractivity contribution in [3.8, 4) is 0 Å². The fourth-order valence-corrected chi connectivity index (χ4v) is 4.09. The first kappa shape index (κ1) is 10.4. The molecule has 0 aromatic carbocycles. The maximum atomic E-state index is 5.69. The molecule has 0 N–H and O–H groups in total. The van der Waals surface area contributed by atoms with Crippen LogP contribution in [0, 0.1) is 0 Å². The van der Waals surface area contributed by atoms with E-state index in [-0.39, 0.29) is 11.5 Å². The minimum atomic E-state index is -1.25. The van der Waals surface area contributed by atoms with Gasteiger partial charge in [-0.15, -0.1) is 0 Å². The molecule has 1 saturated heterocycles. The molecule has 1 heterocycles. The molecule has 1 rings (SSSR count). The van der Waals surface area contributed by atoms with Crippen molar-refractivity contribution in [3.63, 3.8) is 0 Å². The molecule has 0 aliphatic carbocycles. The third-order valence-electron chi connectivity index (χ3n) is 2.32. The van der Waals surface area contributed by atoms with Gasteiger partial charge in [-0.1, -0.05) is 6.92 Å². The standard InChI is InChI=1S/C7H18O3Si2/c1-4-5-8-7(6(2)9-7)12(3)10-11/h6,12H,4-5H2,1-3,11H3. The Morgan fingerprint density at radius 1 is 1.67 bits per heavy atom. The summed E-state index contributed by atoms with van der Waals surface area (Å²) in [5.41, 5.74) is -0.280. The largest absolute Gasteiger partial charge is 0.462 e. The van der Waals surface area contributed by atoms with Crippen molar-refractivity contribution in [2.45, 2.75) is 38.3 Å². The lowest BCUT2D eigenvalue weighted by atomic mass is 10.5. The van der Waals surface area contributed by atoms with E-state index in [9.17, 15) is 0 Å². The van der Waals surface area contributed by atoms with Crippen LogP contribution in [0.4, 0.5) is 0 Å². The van der Waals surface area contributed by atoms with Crippen molar-refractivity contribution in [3.05, 3.63) is 0 Å². The van der Waals surface area contributed by atoms with Crippen LogP contribution in [0.15, 0.2) is 0 Å². The molecule has 1 aliphatic rings. The first-order valence-electron chi connectivity index (χ1n) is 4.52. The Balaban J connectivity index is 2.42. The van der Waals surface area contributed by atoms with Crippen molar-refractivity contribution in [2.75, 3.05) is 6.61 Å². The van der Waals surface area contributed by atoms with E-state index in [1.165, 1.54) is 0 Å². The minimum absolute atomic E-state index is 0.250. The predicted molar refractivity (Wildman–Crippen MR) is 53.6 cm³/mol. The Labute approximate surface area is 78.7 Å². The van der Waals surface area contributed by atoms with Gasteiger partial charge in [0.2, 0.25) is 14.5 Å². The Morgan fingerprint density at radius 3 is 2.58 bits per heavy atom. The number of rotatable bonds is 5. The van der Waals surface area contributed by atoms with E-state index in [0.29, 0.717) is 0 Å². The van der Waals surface area contributed by atoms with Crippen LogP contribution in [0.3, 0.4) is 0 Å². The summed E-state index contributed by atoms with van der Waals surface area (Å²) in [5.74, 6) is 0. The van der Waals surface area contributed by atoms with Gasteiger partial charge in [0.15, 0.2) is 0 Å². The Bertz CT molecular complexity index is 156. The monoisotopic (exact) mass is 206 g/mol. The van der Waals surface area contributed by atoms with E-state index >= 15 is 0 Å². The highest BCUT2D eigenvalue weighted by Gasteiger charge is 2.60. The Kier molecular flexibility index (Phi) is 3.48. The molecule has 0 aromatic rings.